The Kier molecular flexibility index (Phi) is 2.91. The zero-order valence-corrected chi connectivity index (χ0v) is 8.78. The Balaban J connectivity index is 2.29. The number of azo groups is 1. The molecule has 0 saturated carbocycles. The fourth-order valence-electron chi connectivity index (χ4n) is 1.25. The molecular weight excluding hydrogens is 220 g/mol. The van der Waals surface area contributed by atoms with Crippen LogP contribution in [0.2, 0.25) is 0 Å². The molecule has 86 valence electrons. The minimum absolute atomic E-state index is 0.00881. The van der Waals surface area contributed by atoms with Crippen molar-refractivity contribution in [2.24, 2.45) is 10.2 Å². The first-order valence-corrected chi connectivity index (χ1v) is 4.88. The molecule has 0 fully saturated rings. The number of nitrogens with zero attached hydrogens (tertiary/aromatic N) is 2. The van der Waals surface area contributed by atoms with Crippen LogP contribution in [0.5, 0.6) is 17.2 Å². The van der Waals surface area contributed by atoms with E-state index in [4.69, 9.17) is 5.11 Å². The van der Waals surface area contributed by atoms with E-state index >= 15 is 0 Å². The quantitative estimate of drug-likeness (QED) is 0.692. The lowest BCUT2D eigenvalue weighted by Gasteiger charge is -1.99. The molecule has 0 radical (unpaired) electrons. The van der Waals surface area contributed by atoms with Gasteiger partial charge in [-0.1, -0.05) is 12.1 Å². The lowest BCUT2D eigenvalue weighted by atomic mass is 10.3. The molecule has 2 aromatic carbocycles. The first-order chi connectivity index (χ1) is 8.16. The van der Waals surface area contributed by atoms with Crippen molar-refractivity contribution >= 4 is 11.4 Å². The second kappa shape index (κ2) is 4.52. The average Bonchev–Trinajstić information content (AvgIpc) is 2.30. The number of phenolic OH excluding ortho intramolecular Hbond substituents is 3. The van der Waals surface area contributed by atoms with Crippen LogP contribution in [0.3, 0.4) is 0 Å². The molecule has 5 nitrogen and oxygen atoms in total. The van der Waals surface area contributed by atoms with Crippen LogP contribution in [0.15, 0.2) is 52.7 Å². The molecule has 0 aliphatic rings. The fraction of sp³-hybridized carbons (Fsp3) is 0. The summed E-state index contributed by atoms with van der Waals surface area (Å²) in [5, 5.41) is 35.6. The van der Waals surface area contributed by atoms with Crippen LogP contribution >= 0.6 is 0 Å². The van der Waals surface area contributed by atoms with Gasteiger partial charge < -0.3 is 15.3 Å². The monoisotopic (exact) mass is 230 g/mol. The highest BCUT2D eigenvalue weighted by molar-refractivity contribution is 5.55. The van der Waals surface area contributed by atoms with Gasteiger partial charge in [-0.15, -0.1) is 10.2 Å². The van der Waals surface area contributed by atoms with Crippen molar-refractivity contribution in [2.75, 3.05) is 0 Å². The van der Waals surface area contributed by atoms with Crippen molar-refractivity contribution in [3.63, 3.8) is 0 Å². The molecule has 0 aliphatic heterocycles. The summed E-state index contributed by atoms with van der Waals surface area (Å²) in [6, 6.07) is 10.4. The van der Waals surface area contributed by atoms with E-state index in [1.165, 1.54) is 24.3 Å². The molecule has 0 unspecified atom stereocenters. The molecule has 3 N–H and O–H groups in total. The largest absolute Gasteiger partial charge is 0.508 e. The minimum atomic E-state index is -0.177. The summed E-state index contributed by atoms with van der Waals surface area (Å²) >= 11 is 0. The van der Waals surface area contributed by atoms with Gasteiger partial charge in [0.05, 0.1) is 0 Å². The Morgan fingerprint density at radius 3 is 2.00 bits per heavy atom. The molecule has 0 atom stereocenters. The fourth-order valence-corrected chi connectivity index (χ4v) is 1.25. The van der Waals surface area contributed by atoms with E-state index in [0.29, 0.717) is 5.69 Å². The number of para-hydroxylation sites is 1. The summed E-state index contributed by atoms with van der Waals surface area (Å²) in [5.41, 5.74) is 0.519. The number of phenols is 3. The van der Waals surface area contributed by atoms with Crippen LogP contribution in [0.4, 0.5) is 11.4 Å². The molecule has 0 bridgehead atoms. The van der Waals surface area contributed by atoms with Crippen molar-refractivity contribution in [2.45, 2.75) is 0 Å². The molecule has 0 amide bonds. The second-order valence-corrected chi connectivity index (χ2v) is 3.36. The third kappa shape index (κ3) is 2.52. The molecule has 0 heterocycles. The number of hydrogen-bond acceptors (Lipinski definition) is 5. The van der Waals surface area contributed by atoms with Gasteiger partial charge in [-0.2, -0.15) is 0 Å². The van der Waals surface area contributed by atoms with Crippen LogP contribution < -0.4 is 0 Å². The van der Waals surface area contributed by atoms with Crippen LogP contribution in [-0.2, 0) is 0 Å². The summed E-state index contributed by atoms with van der Waals surface area (Å²) in [6.07, 6.45) is 0. The molecule has 0 aliphatic carbocycles. The predicted molar refractivity (Wildman–Crippen MR) is 62.1 cm³/mol. The predicted octanol–water partition coefficient (Wildman–Crippen LogP) is 3.22. The van der Waals surface area contributed by atoms with Crippen LogP contribution in [0.1, 0.15) is 0 Å². The topological polar surface area (TPSA) is 85.4 Å². The summed E-state index contributed by atoms with van der Waals surface area (Å²) in [5.74, 6) is -0.220. The lowest BCUT2D eigenvalue weighted by Crippen LogP contribution is -1.69. The normalized spacial score (nSPS) is 10.8. The van der Waals surface area contributed by atoms with Gasteiger partial charge in [-0.05, 0) is 24.3 Å². The highest BCUT2D eigenvalue weighted by Crippen LogP contribution is 2.32. The molecule has 2 aromatic rings. The van der Waals surface area contributed by atoms with Gasteiger partial charge in [0.25, 0.3) is 0 Å². The molecule has 17 heavy (non-hydrogen) atoms. The molecule has 0 spiro atoms. The standard InChI is InChI=1S/C12H10N2O3/c15-8-5-6-10(12(17)7-8)14-13-9-3-1-2-4-11(9)16/h1-7,15-17H. The Hall–Kier alpha value is -2.56. The molecule has 5 heteroatoms. The SMILES string of the molecule is Oc1ccc(N=Nc2ccccc2O)c(O)c1. The first-order valence-electron chi connectivity index (χ1n) is 4.88. The maximum absolute atomic E-state index is 9.46. The summed E-state index contributed by atoms with van der Waals surface area (Å²) in [7, 11) is 0. The van der Waals surface area contributed by atoms with Gasteiger partial charge in [0.15, 0.2) is 0 Å². The van der Waals surface area contributed by atoms with E-state index in [1.54, 1.807) is 18.2 Å². The average molecular weight is 230 g/mol. The number of rotatable bonds is 2. The van der Waals surface area contributed by atoms with Gasteiger partial charge in [-0.25, -0.2) is 0 Å². The van der Waals surface area contributed by atoms with E-state index < -0.39 is 0 Å². The Bertz CT molecular complexity index is 567. The number of aromatic hydroxyl groups is 3. The van der Waals surface area contributed by atoms with E-state index in [1.807, 2.05) is 0 Å². The highest BCUT2D eigenvalue weighted by Gasteiger charge is 2.01. The molecule has 0 saturated heterocycles. The van der Waals surface area contributed by atoms with Crippen molar-refractivity contribution in [3.05, 3.63) is 42.5 Å². The van der Waals surface area contributed by atoms with Gasteiger partial charge in [-0.3, -0.25) is 0 Å². The Morgan fingerprint density at radius 2 is 1.35 bits per heavy atom. The van der Waals surface area contributed by atoms with Crippen molar-refractivity contribution in [1.82, 2.24) is 0 Å². The Labute approximate surface area is 97.3 Å². The maximum atomic E-state index is 9.46. The van der Waals surface area contributed by atoms with Gasteiger partial charge >= 0.3 is 0 Å². The first kappa shape index (κ1) is 10.9. The second-order valence-electron chi connectivity index (χ2n) is 3.36. The van der Waals surface area contributed by atoms with E-state index in [-0.39, 0.29) is 22.9 Å². The van der Waals surface area contributed by atoms with Gasteiger partial charge in [0.1, 0.15) is 28.6 Å². The smallest absolute Gasteiger partial charge is 0.146 e. The molecule has 0 aromatic heterocycles. The number of benzene rings is 2. The lowest BCUT2D eigenvalue weighted by molar-refractivity contribution is 0.451. The van der Waals surface area contributed by atoms with Gasteiger partial charge in [0, 0.05) is 6.07 Å². The van der Waals surface area contributed by atoms with E-state index in [9.17, 15) is 10.2 Å². The maximum Gasteiger partial charge on any atom is 0.146 e. The summed E-state index contributed by atoms with van der Waals surface area (Å²) in [6.45, 7) is 0. The van der Waals surface area contributed by atoms with Crippen LogP contribution in [0.25, 0.3) is 0 Å². The third-order valence-corrected chi connectivity index (χ3v) is 2.11. The highest BCUT2D eigenvalue weighted by atomic mass is 16.3. The zero-order chi connectivity index (χ0) is 12.3. The third-order valence-electron chi connectivity index (χ3n) is 2.11. The van der Waals surface area contributed by atoms with E-state index in [2.05, 4.69) is 10.2 Å². The zero-order valence-electron chi connectivity index (χ0n) is 8.78. The minimum Gasteiger partial charge on any atom is -0.508 e. The Morgan fingerprint density at radius 1 is 0.706 bits per heavy atom. The summed E-state index contributed by atoms with van der Waals surface area (Å²) in [4.78, 5) is 0. The van der Waals surface area contributed by atoms with Crippen LogP contribution in [0, 0.1) is 0 Å². The van der Waals surface area contributed by atoms with Crippen molar-refractivity contribution in [1.29, 1.82) is 0 Å². The summed E-state index contributed by atoms with van der Waals surface area (Å²) < 4.78 is 0. The van der Waals surface area contributed by atoms with Gasteiger partial charge in [0.2, 0.25) is 0 Å². The van der Waals surface area contributed by atoms with Crippen LogP contribution in [-0.4, -0.2) is 15.3 Å². The van der Waals surface area contributed by atoms with Crippen molar-refractivity contribution in [3.8, 4) is 17.2 Å². The number of hydrogen-bond donors (Lipinski definition) is 3. The molecule has 2 rings (SSSR count). The van der Waals surface area contributed by atoms with E-state index in [0.717, 1.165) is 0 Å². The molecular formula is C12H10N2O3. The van der Waals surface area contributed by atoms with Crippen molar-refractivity contribution < 1.29 is 15.3 Å².